The largest absolute Gasteiger partial charge is 0.453 e. The summed E-state index contributed by atoms with van der Waals surface area (Å²) >= 11 is 0. The molecule has 1 aromatic heterocycles. The average molecular weight is 303 g/mol. The van der Waals surface area contributed by atoms with Gasteiger partial charge in [0.25, 0.3) is 0 Å². The minimum absolute atomic E-state index is 0.607. The van der Waals surface area contributed by atoms with Crippen molar-refractivity contribution in [3.63, 3.8) is 0 Å². The lowest BCUT2D eigenvalue weighted by atomic mass is 10.1. The first-order valence-electron chi connectivity index (χ1n) is 6.00. The molecule has 0 spiro atoms. The zero-order valence-corrected chi connectivity index (χ0v) is 11.2. The number of methoxy groups -OCH3 is 1. The van der Waals surface area contributed by atoms with Crippen LogP contribution in [0.2, 0.25) is 0 Å². The van der Waals surface area contributed by atoms with Crippen LogP contribution in [-0.2, 0) is 9.47 Å². The Kier molecular flexibility index (Phi) is 4.21. The third-order valence-corrected chi connectivity index (χ3v) is 3.06. The van der Waals surface area contributed by atoms with E-state index in [4.69, 9.17) is 4.74 Å². The van der Waals surface area contributed by atoms with Gasteiger partial charge < -0.3 is 19.7 Å². The number of nitrogens with zero attached hydrogens (tertiary/aromatic N) is 2. The molecule has 1 aliphatic rings. The molecule has 0 radical (unpaired) electrons. The highest BCUT2D eigenvalue weighted by atomic mass is 19.1. The predicted octanol–water partition coefficient (Wildman–Crippen LogP) is -0.800. The van der Waals surface area contributed by atoms with E-state index in [-0.39, 0.29) is 0 Å². The maximum Gasteiger partial charge on any atom is 0.412 e. The minimum Gasteiger partial charge on any atom is -0.453 e. The molecule has 9 nitrogen and oxygen atoms in total. The molecule has 2 heterocycles. The zero-order valence-electron chi connectivity index (χ0n) is 11.2. The summed E-state index contributed by atoms with van der Waals surface area (Å²) in [6, 6.07) is 0. The fourth-order valence-corrected chi connectivity index (χ4v) is 1.92. The smallest absolute Gasteiger partial charge is 0.412 e. The van der Waals surface area contributed by atoms with E-state index in [1.807, 2.05) is 5.32 Å². The van der Waals surface area contributed by atoms with Gasteiger partial charge in [-0.15, -0.1) is 0 Å². The molecule has 1 aromatic rings. The third kappa shape index (κ3) is 2.86. The molecule has 0 aliphatic carbocycles. The molecule has 3 N–H and O–H groups in total. The Bertz CT molecular complexity index is 606. The first kappa shape index (κ1) is 15.4. The number of anilines is 1. The molecule has 2 rings (SSSR count). The van der Waals surface area contributed by atoms with Crippen molar-refractivity contribution in [1.29, 1.82) is 0 Å². The molecule has 4 atom stereocenters. The number of hydrogen-bond acceptors (Lipinski definition) is 7. The number of nitrogens with one attached hydrogen (secondary N) is 1. The van der Waals surface area contributed by atoms with Crippen molar-refractivity contribution in [1.82, 2.24) is 9.55 Å². The molecule has 0 aromatic carbocycles. The van der Waals surface area contributed by atoms with Crippen molar-refractivity contribution < 1.29 is 28.9 Å². The van der Waals surface area contributed by atoms with Gasteiger partial charge in [0, 0.05) is 0 Å². The van der Waals surface area contributed by atoms with Crippen LogP contribution in [-0.4, -0.2) is 51.3 Å². The van der Waals surface area contributed by atoms with Crippen molar-refractivity contribution in [2.75, 3.05) is 12.4 Å². The van der Waals surface area contributed by atoms with Gasteiger partial charge in [-0.3, -0.25) is 9.88 Å². The Labute approximate surface area is 117 Å². The molecule has 1 fully saturated rings. The molecule has 0 saturated carbocycles. The number of hydrogen-bond donors (Lipinski definition) is 3. The summed E-state index contributed by atoms with van der Waals surface area (Å²) < 4.78 is 24.0. The van der Waals surface area contributed by atoms with Crippen molar-refractivity contribution in [2.24, 2.45) is 0 Å². The SMILES string of the molecule is COC(=O)Nc1nc(=O)n([C@@H]2O[C@H](C)[C@H](O)[C@@H]2O)cc1F. The molecule has 0 unspecified atom stereocenters. The summed E-state index contributed by atoms with van der Waals surface area (Å²) in [6.45, 7) is 1.50. The Morgan fingerprint density at radius 1 is 1.52 bits per heavy atom. The normalized spacial score (nSPS) is 28.4. The van der Waals surface area contributed by atoms with Crippen LogP contribution in [0.5, 0.6) is 0 Å². The van der Waals surface area contributed by atoms with Gasteiger partial charge in [-0.2, -0.15) is 4.98 Å². The fraction of sp³-hybridized carbons (Fsp3) is 0.545. The summed E-state index contributed by atoms with van der Waals surface area (Å²) in [5, 5.41) is 21.3. The number of aromatic nitrogens is 2. The number of amides is 1. The number of carbonyl (C=O) groups excluding carboxylic acids is 1. The maximum atomic E-state index is 13.8. The van der Waals surface area contributed by atoms with E-state index in [0.717, 1.165) is 13.3 Å². The Hall–Kier alpha value is -2.04. The molecular weight excluding hydrogens is 289 g/mol. The quantitative estimate of drug-likeness (QED) is 0.653. The number of halogens is 1. The van der Waals surface area contributed by atoms with Gasteiger partial charge in [0.1, 0.15) is 12.2 Å². The first-order valence-corrected chi connectivity index (χ1v) is 6.00. The Morgan fingerprint density at radius 2 is 2.19 bits per heavy atom. The van der Waals surface area contributed by atoms with Crippen molar-refractivity contribution in [3.05, 3.63) is 22.5 Å². The van der Waals surface area contributed by atoms with Gasteiger partial charge in [0.2, 0.25) is 0 Å². The van der Waals surface area contributed by atoms with E-state index >= 15 is 0 Å². The van der Waals surface area contributed by atoms with Gasteiger partial charge in [-0.1, -0.05) is 0 Å². The van der Waals surface area contributed by atoms with Crippen LogP contribution in [0.15, 0.2) is 11.0 Å². The topological polar surface area (TPSA) is 123 Å². The summed E-state index contributed by atoms with van der Waals surface area (Å²) in [5.74, 6) is -1.63. The standard InChI is InChI=1S/C11H14FN3O6/c1-4-6(16)7(17)9(21-4)15-3-5(12)8(13-10(15)18)14-11(19)20-2/h3-4,6-7,9,16-17H,1-2H3,(H,13,14,18,19)/t4-,6+,7+,9-/m1/s1. The predicted molar refractivity (Wildman–Crippen MR) is 66.1 cm³/mol. The molecule has 1 aliphatic heterocycles. The molecule has 21 heavy (non-hydrogen) atoms. The van der Waals surface area contributed by atoms with Crippen molar-refractivity contribution in [2.45, 2.75) is 31.5 Å². The molecule has 1 amide bonds. The summed E-state index contributed by atoms with van der Waals surface area (Å²) in [5.41, 5.74) is -0.965. The van der Waals surface area contributed by atoms with Crippen molar-refractivity contribution >= 4 is 11.9 Å². The Morgan fingerprint density at radius 3 is 2.71 bits per heavy atom. The average Bonchev–Trinajstić information content (AvgIpc) is 2.70. The molecular formula is C11H14FN3O6. The molecule has 10 heteroatoms. The van der Waals surface area contributed by atoms with Gasteiger partial charge in [-0.05, 0) is 6.92 Å². The maximum absolute atomic E-state index is 13.8. The fourth-order valence-electron chi connectivity index (χ4n) is 1.92. The summed E-state index contributed by atoms with van der Waals surface area (Å²) in [6.07, 6.45) is -4.88. The lowest BCUT2D eigenvalue weighted by Crippen LogP contribution is -2.36. The highest BCUT2D eigenvalue weighted by Gasteiger charge is 2.42. The van der Waals surface area contributed by atoms with Crippen LogP contribution in [0.25, 0.3) is 0 Å². The molecule has 1 saturated heterocycles. The minimum atomic E-state index is -1.40. The van der Waals surface area contributed by atoms with Crippen LogP contribution in [0.3, 0.4) is 0 Å². The highest BCUT2D eigenvalue weighted by Crippen LogP contribution is 2.28. The van der Waals surface area contributed by atoms with E-state index in [2.05, 4.69) is 9.72 Å². The number of aliphatic hydroxyl groups excluding tert-OH is 2. The van der Waals surface area contributed by atoms with E-state index < -0.39 is 48.0 Å². The lowest BCUT2D eigenvalue weighted by molar-refractivity contribution is -0.0355. The van der Waals surface area contributed by atoms with E-state index in [1.165, 1.54) is 6.92 Å². The molecule has 116 valence electrons. The number of carbonyl (C=O) groups is 1. The second-order valence-electron chi connectivity index (χ2n) is 4.46. The first-order chi connectivity index (χ1) is 9.85. The summed E-state index contributed by atoms with van der Waals surface area (Å²) in [7, 11) is 1.07. The second kappa shape index (κ2) is 5.76. The van der Waals surface area contributed by atoms with E-state index in [1.54, 1.807) is 0 Å². The van der Waals surface area contributed by atoms with E-state index in [0.29, 0.717) is 4.57 Å². The Balaban J connectivity index is 2.33. The van der Waals surface area contributed by atoms with Crippen molar-refractivity contribution in [3.8, 4) is 0 Å². The van der Waals surface area contributed by atoms with Crippen LogP contribution >= 0.6 is 0 Å². The van der Waals surface area contributed by atoms with Crippen LogP contribution < -0.4 is 11.0 Å². The number of rotatable bonds is 2. The number of ether oxygens (including phenoxy) is 2. The van der Waals surface area contributed by atoms with E-state index in [9.17, 15) is 24.2 Å². The molecule has 0 bridgehead atoms. The second-order valence-corrected chi connectivity index (χ2v) is 4.46. The highest BCUT2D eigenvalue weighted by molar-refractivity contribution is 5.83. The van der Waals surface area contributed by atoms with Gasteiger partial charge in [-0.25, -0.2) is 14.0 Å². The van der Waals surface area contributed by atoms with Gasteiger partial charge >= 0.3 is 11.8 Å². The monoisotopic (exact) mass is 303 g/mol. The van der Waals surface area contributed by atoms with Crippen LogP contribution in [0.1, 0.15) is 13.2 Å². The third-order valence-electron chi connectivity index (χ3n) is 3.06. The van der Waals surface area contributed by atoms with Crippen LogP contribution in [0.4, 0.5) is 15.0 Å². The summed E-state index contributed by atoms with van der Waals surface area (Å²) in [4.78, 5) is 26.1. The lowest BCUT2D eigenvalue weighted by Gasteiger charge is -2.17. The zero-order chi connectivity index (χ0) is 15.7. The van der Waals surface area contributed by atoms with Gasteiger partial charge in [0.15, 0.2) is 17.9 Å². The van der Waals surface area contributed by atoms with Crippen LogP contribution in [0, 0.1) is 5.82 Å². The van der Waals surface area contributed by atoms with Gasteiger partial charge in [0.05, 0.1) is 19.4 Å². The number of aliphatic hydroxyl groups is 2.